The monoisotopic (exact) mass is 352 g/mol. The van der Waals surface area contributed by atoms with Crippen LogP contribution in [0.2, 0.25) is 0 Å². The standard InChI is InChI=1S/C23H28O3/c1-4-12-23-13-11-19-18-8-6-17(25-3)14-16(18)5-7-20(19)21(23)9-10-22(23)26-15(2)24/h6,8-9,14,22H,4-5,7,10-13H2,1-3H3/t22-,23+/m0/s1. The van der Waals surface area contributed by atoms with Crippen molar-refractivity contribution < 1.29 is 14.3 Å². The molecule has 0 bridgehead atoms. The molecule has 3 nitrogen and oxygen atoms in total. The van der Waals surface area contributed by atoms with Gasteiger partial charge in [0, 0.05) is 18.8 Å². The number of hydrogen-bond acceptors (Lipinski definition) is 3. The molecule has 0 heterocycles. The lowest BCUT2D eigenvalue weighted by molar-refractivity contribution is -0.151. The number of esters is 1. The van der Waals surface area contributed by atoms with E-state index in [1.807, 2.05) is 0 Å². The summed E-state index contributed by atoms with van der Waals surface area (Å²) < 4.78 is 11.2. The number of hydrogen-bond donors (Lipinski definition) is 0. The van der Waals surface area contributed by atoms with Gasteiger partial charge >= 0.3 is 5.97 Å². The quantitative estimate of drug-likeness (QED) is 0.695. The molecule has 3 heteroatoms. The Bertz CT molecular complexity index is 802. The van der Waals surface area contributed by atoms with Crippen LogP contribution in [0.15, 0.2) is 35.4 Å². The van der Waals surface area contributed by atoms with Crippen LogP contribution < -0.4 is 4.74 Å². The van der Waals surface area contributed by atoms with Crippen molar-refractivity contribution in [1.82, 2.24) is 0 Å². The number of methoxy groups -OCH3 is 1. The van der Waals surface area contributed by atoms with Gasteiger partial charge in [-0.3, -0.25) is 4.79 Å². The van der Waals surface area contributed by atoms with Crippen molar-refractivity contribution in [3.63, 3.8) is 0 Å². The molecule has 0 radical (unpaired) electrons. The Hall–Kier alpha value is -2.03. The van der Waals surface area contributed by atoms with Gasteiger partial charge in [-0.25, -0.2) is 0 Å². The maximum Gasteiger partial charge on any atom is 0.302 e. The normalized spacial score (nSPS) is 26.6. The van der Waals surface area contributed by atoms with Gasteiger partial charge in [0.15, 0.2) is 0 Å². The second-order valence-corrected chi connectivity index (χ2v) is 7.84. The number of aryl methyl sites for hydroxylation is 1. The Balaban J connectivity index is 1.75. The third-order valence-electron chi connectivity index (χ3n) is 6.49. The van der Waals surface area contributed by atoms with E-state index in [9.17, 15) is 4.79 Å². The summed E-state index contributed by atoms with van der Waals surface area (Å²) in [4.78, 5) is 11.7. The summed E-state index contributed by atoms with van der Waals surface area (Å²) in [7, 11) is 1.73. The van der Waals surface area contributed by atoms with Crippen molar-refractivity contribution >= 4 is 11.5 Å². The van der Waals surface area contributed by atoms with Gasteiger partial charge in [-0.05, 0) is 72.1 Å². The number of carbonyl (C=O) groups is 1. The predicted octanol–water partition coefficient (Wildman–Crippen LogP) is 5.24. The first-order valence-corrected chi connectivity index (χ1v) is 9.86. The summed E-state index contributed by atoms with van der Waals surface area (Å²) in [6.07, 6.45) is 9.75. The highest BCUT2D eigenvalue weighted by atomic mass is 16.5. The Morgan fingerprint density at radius 2 is 2.08 bits per heavy atom. The van der Waals surface area contributed by atoms with Crippen molar-refractivity contribution in [2.24, 2.45) is 5.41 Å². The van der Waals surface area contributed by atoms with Crippen LogP contribution in [-0.2, 0) is 16.0 Å². The number of ether oxygens (including phenoxy) is 2. The molecule has 0 spiro atoms. The summed E-state index contributed by atoms with van der Waals surface area (Å²) in [5.41, 5.74) is 7.35. The van der Waals surface area contributed by atoms with Gasteiger partial charge in [0.25, 0.3) is 0 Å². The molecule has 138 valence electrons. The van der Waals surface area contributed by atoms with Crippen molar-refractivity contribution in [1.29, 1.82) is 0 Å². The van der Waals surface area contributed by atoms with E-state index in [1.165, 1.54) is 34.8 Å². The van der Waals surface area contributed by atoms with E-state index in [-0.39, 0.29) is 17.5 Å². The van der Waals surface area contributed by atoms with Crippen LogP contribution in [0.4, 0.5) is 0 Å². The van der Waals surface area contributed by atoms with Gasteiger partial charge in [0.2, 0.25) is 0 Å². The Morgan fingerprint density at radius 1 is 1.23 bits per heavy atom. The summed E-state index contributed by atoms with van der Waals surface area (Å²) in [6, 6.07) is 6.50. The summed E-state index contributed by atoms with van der Waals surface area (Å²) >= 11 is 0. The van der Waals surface area contributed by atoms with Crippen LogP contribution >= 0.6 is 0 Å². The third kappa shape index (κ3) is 2.60. The Kier molecular flexibility index (Phi) is 4.42. The molecule has 3 aliphatic rings. The number of benzene rings is 1. The molecule has 2 atom stereocenters. The zero-order chi connectivity index (χ0) is 18.3. The molecule has 1 aromatic rings. The van der Waals surface area contributed by atoms with E-state index in [1.54, 1.807) is 7.11 Å². The first-order valence-electron chi connectivity index (χ1n) is 9.86. The molecular formula is C23H28O3. The summed E-state index contributed by atoms with van der Waals surface area (Å²) in [6.45, 7) is 3.78. The lowest BCUT2D eigenvalue weighted by atomic mass is 9.62. The second-order valence-electron chi connectivity index (χ2n) is 7.84. The van der Waals surface area contributed by atoms with Crippen LogP contribution in [0, 0.1) is 5.41 Å². The van der Waals surface area contributed by atoms with E-state index in [2.05, 4.69) is 31.2 Å². The molecule has 0 N–H and O–H groups in total. The van der Waals surface area contributed by atoms with Crippen molar-refractivity contribution in [2.45, 2.75) is 64.9 Å². The molecule has 0 aliphatic heterocycles. The third-order valence-corrected chi connectivity index (χ3v) is 6.49. The fraction of sp³-hybridized carbons (Fsp3) is 0.522. The molecule has 0 saturated carbocycles. The predicted molar refractivity (Wildman–Crippen MR) is 103 cm³/mol. The highest BCUT2D eigenvalue weighted by Crippen LogP contribution is 2.58. The maximum absolute atomic E-state index is 11.7. The smallest absolute Gasteiger partial charge is 0.302 e. The van der Waals surface area contributed by atoms with Gasteiger partial charge in [-0.2, -0.15) is 0 Å². The van der Waals surface area contributed by atoms with Gasteiger partial charge in [0.1, 0.15) is 11.9 Å². The molecule has 0 aromatic heterocycles. The molecule has 0 amide bonds. The van der Waals surface area contributed by atoms with Crippen LogP contribution in [0.25, 0.3) is 5.57 Å². The van der Waals surface area contributed by atoms with Gasteiger partial charge < -0.3 is 9.47 Å². The van der Waals surface area contributed by atoms with E-state index in [0.717, 1.165) is 50.7 Å². The lowest BCUT2D eigenvalue weighted by Gasteiger charge is -2.44. The van der Waals surface area contributed by atoms with Crippen LogP contribution in [0.3, 0.4) is 0 Å². The first kappa shape index (κ1) is 17.4. The molecule has 1 aromatic carbocycles. The zero-order valence-corrected chi connectivity index (χ0v) is 16.1. The average Bonchev–Trinajstić information content (AvgIpc) is 2.99. The SMILES string of the molecule is CCC[C@@]12CCC3=C(CCc4cc(OC)ccc43)C1=CC[C@@H]2OC(C)=O. The summed E-state index contributed by atoms with van der Waals surface area (Å²) in [5, 5.41) is 0. The van der Waals surface area contributed by atoms with Gasteiger partial charge in [-0.15, -0.1) is 0 Å². The van der Waals surface area contributed by atoms with Crippen molar-refractivity contribution in [2.75, 3.05) is 7.11 Å². The van der Waals surface area contributed by atoms with E-state index < -0.39 is 0 Å². The Labute approximate surface area is 156 Å². The van der Waals surface area contributed by atoms with Crippen LogP contribution in [-0.4, -0.2) is 19.2 Å². The van der Waals surface area contributed by atoms with Gasteiger partial charge in [0.05, 0.1) is 7.11 Å². The average molecular weight is 352 g/mol. The van der Waals surface area contributed by atoms with Crippen LogP contribution in [0.5, 0.6) is 5.75 Å². The second kappa shape index (κ2) is 6.61. The van der Waals surface area contributed by atoms with Gasteiger partial charge in [-0.1, -0.05) is 25.5 Å². The minimum Gasteiger partial charge on any atom is -0.497 e. The zero-order valence-electron chi connectivity index (χ0n) is 16.1. The van der Waals surface area contributed by atoms with Crippen LogP contribution in [0.1, 0.15) is 63.5 Å². The molecule has 26 heavy (non-hydrogen) atoms. The summed E-state index contributed by atoms with van der Waals surface area (Å²) in [5.74, 6) is 0.792. The largest absolute Gasteiger partial charge is 0.497 e. The van der Waals surface area contributed by atoms with Crippen molar-refractivity contribution in [3.8, 4) is 5.75 Å². The number of allylic oxidation sites excluding steroid dienone is 2. The van der Waals surface area contributed by atoms with E-state index in [4.69, 9.17) is 9.47 Å². The van der Waals surface area contributed by atoms with E-state index >= 15 is 0 Å². The molecule has 0 saturated heterocycles. The fourth-order valence-electron chi connectivity index (χ4n) is 5.48. The fourth-order valence-corrected chi connectivity index (χ4v) is 5.48. The molecule has 3 aliphatic carbocycles. The minimum absolute atomic E-state index is 0.0151. The Morgan fingerprint density at radius 3 is 2.81 bits per heavy atom. The minimum atomic E-state index is -0.152. The van der Waals surface area contributed by atoms with Crippen molar-refractivity contribution in [3.05, 3.63) is 46.5 Å². The molecule has 0 fully saturated rings. The van der Waals surface area contributed by atoms with E-state index in [0.29, 0.717) is 0 Å². The highest BCUT2D eigenvalue weighted by molar-refractivity contribution is 5.79. The number of carbonyl (C=O) groups excluding carboxylic acids is 1. The molecule has 0 unspecified atom stereocenters. The first-order chi connectivity index (χ1) is 12.6. The lowest BCUT2D eigenvalue weighted by Crippen LogP contribution is -2.39. The molecule has 4 rings (SSSR count). The maximum atomic E-state index is 11.7. The topological polar surface area (TPSA) is 35.5 Å². The number of rotatable bonds is 4. The number of fused-ring (bicyclic) bond motifs is 4. The highest BCUT2D eigenvalue weighted by Gasteiger charge is 2.50. The molecular weight excluding hydrogens is 324 g/mol.